The van der Waals surface area contributed by atoms with Gasteiger partial charge in [0.2, 0.25) is 5.95 Å². The molecule has 0 aliphatic heterocycles. The molecule has 9 nitrogen and oxygen atoms in total. The third-order valence-electron chi connectivity index (χ3n) is 4.09. The molecule has 3 aromatic rings. The van der Waals surface area contributed by atoms with Gasteiger partial charge in [0.15, 0.2) is 5.82 Å². The predicted molar refractivity (Wildman–Crippen MR) is 121 cm³/mol. The average Bonchev–Trinajstić information content (AvgIpc) is 2.76. The summed E-state index contributed by atoms with van der Waals surface area (Å²) in [5.74, 6) is 1.57. The maximum atomic E-state index is 11.6. The van der Waals surface area contributed by atoms with Gasteiger partial charge in [0.25, 0.3) is 0 Å². The number of nitrogens with zero attached hydrogens (tertiary/aromatic N) is 3. The van der Waals surface area contributed by atoms with E-state index in [9.17, 15) is 9.90 Å². The first-order valence-corrected chi connectivity index (χ1v) is 10.2. The largest absolute Gasteiger partial charge is 0.492 e. The maximum Gasteiger partial charge on any atom is 0.407 e. The minimum Gasteiger partial charge on any atom is -0.492 e. The van der Waals surface area contributed by atoms with Gasteiger partial charge in [0.1, 0.15) is 24.3 Å². The van der Waals surface area contributed by atoms with Crippen LogP contribution in [0.4, 0.5) is 16.4 Å². The van der Waals surface area contributed by atoms with E-state index in [1.807, 2.05) is 69.3 Å². The van der Waals surface area contributed by atoms with Crippen LogP contribution in [0.25, 0.3) is 11.4 Å². The number of ether oxygens (including phenoxy) is 2. The molecule has 0 radical (unpaired) electrons. The number of aromatic nitrogens is 3. The van der Waals surface area contributed by atoms with Crippen LogP contribution in [-0.2, 0) is 11.3 Å². The second-order valence-electron chi connectivity index (χ2n) is 7.92. The van der Waals surface area contributed by atoms with Crippen LogP contribution < -0.4 is 15.4 Å². The van der Waals surface area contributed by atoms with E-state index in [1.165, 1.54) is 6.33 Å². The summed E-state index contributed by atoms with van der Waals surface area (Å²) in [5, 5.41) is 15.0. The maximum absolute atomic E-state index is 11.6. The van der Waals surface area contributed by atoms with Crippen LogP contribution in [0.5, 0.6) is 5.75 Å². The number of aliphatic hydroxyl groups is 1. The molecular formula is C23H27N5O4. The Kier molecular flexibility index (Phi) is 7.56. The zero-order valence-corrected chi connectivity index (χ0v) is 18.3. The van der Waals surface area contributed by atoms with Crippen molar-refractivity contribution in [1.82, 2.24) is 20.3 Å². The number of rotatable bonds is 8. The topological polar surface area (TPSA) is 118 Å². The first-order valence-electron chi connectivity index (χ1n) is 10.2. The van der Waals surface area contributed by atoms with Crippen LogP contribution in [0, 0.1) is 0 Å². The van der Waals surface area contributed by atoms with Gasteiger partial charge in [0.05, 0.1) is 13.2 Å². The smallest absolute Gasteiger partial charge is 0.407 e. The van der Waals surface area contributed by atoms with E-state index in [1.54, 1.807) is 0 Å². The number of carbonyl (C=O) groups excluding carboxylic acids is 1. The van der Waals surface area contributed by atoms with E-state index in [-0.39, 0.29) is 6.61 Å². The number of nitrogens with one attached hydrogen (secondary N) is 2. The summed E-state index contributed by atoms with van der Waals surface area (Å²) in [5.41, 5.74) is 1.84. The number of amides is 1. The number of hydrogen-bond acceptors (Lipinski definition) is 8. The Morgan fingerprint density at radius 3 is 2.59 bits per heavy atom. The van der Waals surface area contributed by atoms with E-state index in [4.69, 9.17) is 9.47 Å². The van der Waals surface area contributed by atoms with Crippen molar-refractivity contribution in [2.75, 3.05) is 18.5 Å². The molecule has 0 atom stereocenters. The highest BCUT2D eigenvalue weighted by molar-refractivity contribution is 5.67. The number of carbonyl (C=O) groups is 1. The molecular weight excluding hydrogens is 410 g/mol. The van der Waals surface area contributed by atoms with Crippen molar-refractivity contribution in [1.29, 1.82) is 0 Å². The number of anilines is 2. The number of aliphatic hydroxyl groups excluding tert-OH is 1. The zero-order chi connectivity index (χ0) is 23.0. The Balaban J connectivity index is 1.54. The Morgan fingerprint density at radius 1 is 1.09 bits per heavy atom. The van der Waals surface area contributed by atoms with Crippen molar-refractivity contribution in [3.05, 3.63) is 60.4 Å². The van der Waals surface area contributed by atoms with E-state index < -0.39 is 11.7 Å². The molecule has 3 rings (SSSR count). The molecule has 1 heterocycles. The summed E-state index contributed by atoms with van der Waals surface area (Å²) in [7, 11) is 0. The highest BCUT2D eigenvalue weighted by Gasteiger charge is 2.15. The minimum absolute atomic E-state index is 0.0382. The summed E-state index contributed by atoms with van der Waals surface area (Å²) >= 11 is 0. The van der Waals surface area contributed by atoms with Crippen LogP contribution >= 0.6 is 0 Å². The Labute approximate surface area is 186 Å². The molecule has 168 valence electrons. The molecule has 0 spiro atoms. The van der Waals surface area contributed by atoms with Gasteiger partial charge >= 0.3 is 6.09 Å². The lowest BCUT2D eigenvalue weighted by Gasteiger charge is -2.19. The molecule has 0 fully saturated rings. The quantitative estimate of drug-likeness (QED) is 0.457. The van der Waals surface area contributed by atoms with Crippen molar-refractivity contribution in [3.63, 3.8) is 0 Å². The van der Waals surface area contributed by atoms with Crippen molar-refractivity contribution in [2.45, 2.75) is 33.0 Å². The van der Waals surface area contributed by atoms with Crippen LogP contribution in [0.15, 0.2) is 54.9 Å². The Hall–Kier alpha value is -3.72. The second-order valence-corrected chi connectivity index (χ2v) is 7.92. The van der Waals surface area contributed by atoms with Gasteiger partial charge in [-0.25, -0.2) is 14.8 Å². The lowest BCUT2D eigenvalue weighted by molar-refractivity contribution is 0.0520. The fourth-order valence-electron chi connectivity index (χ4n) is 2.71. The molecule has 32 heavy (non-hydrogen) atoms. The van der Waals surface area contributed by atoms with Gasteiger partial charge in [0, 0.05) is 11.3 Å². The lowest BCUT2D eigenvalue weighted by Crippen LogP contribution is -2.34. The molecule has 1 aromatic heterocycles. The SMILES string of the molecule is CC(C)(C)OC(=O)NCCOc1ccc(-c2ncnc(Nc3cccc(CO)c3)n2)cc1. The fraction of sp³-hybridized carbons (Fsp3) is 0.304. The summed E-state index contributed by atoms with van der Waals surface area (Å²) < 4.78 is 10.8. The van der Waals surface area contributed by atoms with Crippen molar-refractivity contribution >= 4 is 17.7 Å². The van der Waals surface area contributed by atoms with Crippen molar-refractivity contribution in [2.24, 2.45) is 0 Å². The van der Waals surface area contributed by atoms with E-state index in [2.05, 4.69) is 25.6 Å². The van der Waals surface area contributed by atoms with Gasteiger partial charge in [-0.05, 0) is 62.7 Å². The molecule has 3 N–H and O–H groups in total. The van der Waals surface area contributed by atoms with Crippen molar-refractivity contribution in [3.8, 4) is 17.1 Å². The van der Waals surface area contributed by atoms with E-state index >= 15 is 0 Å². The Morgan fingerprint density at radius 2 is 1.88 bits per heavy atom. The molecule has 0 aliphatic carbocycles. The van der Waals surface area contributed by atoms with Gasteiger partial charge < -0.3 is 25.2 Å². The first-order chi connectivity index (χ1) is 15.3. The molecule has 9 heteroatoms. The Bertz CT molecular complexity index is 1040. The van der Waals surface area contributed by atoms with E-state index in [0.717, 1.165) is 16.8 Å². The molecule has 0 saturated carbocycles. The summed E-state index contributed by atoms with van der Waals surface area (Å²) in [4.78, 5) is 24.5. The first kappa shape index (κ1) is 23.0. The molecule has 1 amide bonds. The highest BCUT2D eigenvalue weighted by Crippen LogP contribution is 2.21. The highest BCUT2D eigenvalue weighted by atomic mass is 16.6. The minimum atomic E-state index is -0.533. The van der Waals surface area contributed by atoms with Crippen LogP contribution in [0.1, 0.15) is 26.3 Å². The molecule has 0 aliphatic rings. The van der Waals surface area contributed by atoms with Gasteiger partial charge in [-0.3, -0.25) is 0 Å². The van der Waals surface area contributed by atoms with Crippen LogP contribution in [0.3, 0.4) is 0 Å². The third-order valence-corrected chi connectivity index (χ3v) is 4.09. The summed E-state index contributed by atoms with van der Waals surface area (Å²) in [6.45, 7) is 6.03. The molecule has 0 unspecified atom stereocenters. The zero-order valence-electron chi connectivity index (χ0n) is 18.3. The normalized spacial score (nSPS) is 11.0. The predicted octanol–water partition coefficient (Wildman–Crippen LogP) is 3.68. The van der Waals surface area contributed by atoms with Crippen LogP contribution in [-0.4, -0.2) is 44.9 Å². The van der Waals surface area contributed by atoms with Crippen molar-refractivity contribution < 1.29 is 19.4 Å². The van der Waals surface area contributed by atoms with Crippen LogP contribution in [0.2, 0.25) is 0 Å². The fourth-order valence-corrected chi connectivity index (χ4v) is 2.71. The summed E-state index contributed by atoms with van der Waals surface area (Å²) in [6, 6.07) is 14.7. The summed E-state index contributed by atoms with van der Waals surface area (Å²) in [6.07, 6.45) is 0.964. The van der Waals surface area contributed by atoms with Gasteiger partial charge in [-0.2, -0.15) is 4.98 Å². The monoisotopic (exact) mass is 437 g/mol. The number of hydrogen-bond donors (Lipinski definition) is 3. The third kappa shape index (κ3) is 7.21. The van der Waals surface area contributed by atoms with E-state index in [0.29, 0.717) is 30.7 Å². The second kappa shape index (κ2) is 10.5. The molecule has 0 bridgehead atoms. The number of alkyl carbamates (subject to hydrolysis) is 1. The number of benzene rings is 2. The standard InChI is InChI=1S/C23H27N5O4/c1-23(2,3)32-22(30)24-11-12-31-19-9-7-17(8-10-19)20-25-15-26-21(28-20)27-18-6-4-5-16(13-18)14-29/h4-10,13,15,29H,11-12,14H2,1-3H3,(H,24,30)(H,25,26,27,28). The lowest BCUT2D eigenvalue weighted by atomic mass is 10.2. The van der Waals surface area contributed by atoms with Gasteiger partial charge in [-0.15, -0.1) is 0 Å². The molecule has 2 aromatic carbocycles. The average molecular weight is 438 g/mol. The van der Waals surface area contributed by atoms with Gasteiger partial charge in [-0.1, -0.05) is 12.1 Å². The molecule has 0 saturated heterocycles.